The van der Waals surface area contributed by atoms with E-state index in [1.165, 1.54) is 0 Å². The summed E-state index contributed by atoms with van der Waals surface area (Å²) in [4.78, 5) is 11.0. The highest BCUT2D eigenvalue weighted by molar-refractivity contribution is 6.31. The van der Waals surface area contributed by atoms with Crippen molar-refractivity contribution in [3.8, 4) is 0 Å². The maximum Gasteiger partial charge on any atom is 0.179 e. The van der Waals surface area contributed by atoms with Crippen molar-refractivity contribution in [1.82, 2.24) is 0 Å². The normalized spacial score (nSPS) is 10.2. The van der Waals surface area contributed by atoms with Gasteiger partial charge in [-0.1, -0.05) is 11.6 Å². The molecule has 1 rings (SSSR count). The monoisotopic (exact) mass is 205 g/mol. The summed E-state index contributed by atoms with van der Waals surface area (Å²) in [5.41, 5.74) is 4.72. The van der Waals surface area contributed by atoms with E-state index in [2.05, 4.69) is 0 Å². The van der Waals surface area contributed by atoms with Crippen molar-refractivity contribution in [2.45, 2.75) is 0 Å². The first kappa shape index (κ1) is 10.1. The van der Waals surface area contributed by atoms with E-state index in [4.69, 9.17) is 17.3 Å². The number of nitrogens with two attached hydrogens (primary N) is 1. The van der Waals surface area contributed by atoms with E-state index in [9.17, 15) is 13.6 Å². The van der Waals surface area contributed by atoms with Gasteiger partial charge >= 0.3 is 0 Å². The third-order valence-corrected chi connectivity index (χ3v) is 1.79. The Hall–Kier alpha value is -1.00. The SMILES string of the molecule is NCC(=O)c1cc(Cl)c(F)cc1F. The summed E-state index contributed by atoms with van der Waals surface area (Å²) in [6, 6.07) is 1.49. The first-order chi connectivity index (χ1) is 6.06. The van der Waals surface area contributed by atoms with Crippen LogP contribution in [0.5, 0.6) is 0 Å². The van der Waals surface area contributed by atoms with Crippen LogP contribution in [0.3, 0.4) is 0 Å². The van der Waals surface area contributed by atoms with Crippen molar-refractivity contribution in [2.24, 2.45) is 5.73 Å². The summed E-state index contributed by atoms with van der Waals surface area (Å²) in [5.74, 6) is -2.45. The Labute approximate surface area is 78.3 Å². The van der Waals surface area contributed by atoms with Crippen molar-refractivity contribution in [1.29, 1.82) is 0 Å². The number of carbonyl (C=O) groups excluding carboxylic acids is 1. The van der Waals surface area contributed by atoms with Gasteiger partial charge in [-0.2, -0.15) is 0 Å². The van der Waals surface area contributed by atoms with Gasteiger partial charge in [-0.15, -0.1) is 0 Å². The number of ketones is 1. The second-order valence-electron chi connectivity index (χ2n) is 2.37. The van der Waals surface area contributed by atoms with Crippen molar-refractivity contribution in [3.63, 3.8) is 0 Å². The van der Waals surface area contributed by atoms with Crippen molar-refractivity contribution in [3.05, 3.63) is 34.4 Å². The standard InChI is InChI=1S/C8H6ClF2NO/c9-5-1-4(8(13)3-12)6(10)2-7(5)11/h1-2H,3,12H2. The maximum atomic E-state index is 12.9. The summed E-state index contributed by atoms with van der Waals surface area (Å²) in [6.07, 6.45) is 0. The number of hydrogen-bond acceptors (Lipinski definition) is 2. The summed E-state index contributed by atoms with van der Waals surface area (Å²) >= 11 is 5.35. The molecular weight excluding hydrogens is 200 g/mol. The molecular formula is C8H6ClF2NO. The van der Waals surface area contributed by atoms with Crippen LogP contribution in [0.15, 0.2) is 12.1 Å². The average molecular weight is 206 g/mol. The predicted octanol–water partition coefficient (Wildman–Crippen LogP) is 1.76. The smallest absolute Gasteiger partial charge is 0.179 e. The molecule has 0 aliphatic carbocycles. The lowest BCUT2D eigenvalue weighted by atomic mass is 10.1. The van der Waals surface area contributed by atoms with Crippen molar-refractivity contribution < 1.29 is 13.6 Å². The minimum atomic E-state index is -0.947. The molecule has 0 radical (unpaired) electrons. The molecule has 0 spiro atoms. The minimum Gasteiger partial charge on any atom is -0.324 e. The Morgan fingerprint density at radius 3 is 2.54 bits per heavy atom. The van der Waals surface area contributed by atoms with E-state index in [1.807, 2.05) is 0 Å². The van der Waals surface area contributed by atoms with Gasteiger partial charge in [0.25, 0.3) is 0 Å². The van der Waals surface area contributed by atoms with Crippen LogP contribution in [-0.4, -0.2) is 12.3 Å². The molecule has 0 aliphatic rings. The number of carbonyl (C=O) groups is 1. The van der Waals surface area contributed by atoms with Gasteiger partial charge in [0.15, 0.2) is 5.78 Å². The molecule has 0 heterocycles. The average Bonchev–Trinajstić information content (AvgIpc) is 2.10. The van der Waals surface area contributed by atoms with Gasteiger partial charge in [0, 0.05) is 6.07 Å². The minimum absolute atomic E-state index is 0.283. The third kappa shape index (κ3) is 2.02. The topological polar surface area (TPSA) is 43.1 Å². The molecule has 2 N–H and O–H groups in total. The molecule has 70 valence electrons. The number of benzene rings is 1. The molecule has 0 unspecified atom stereocenters. The first-order valence-corrected chi connectivity index (χ1v) is 3.82. The molecule has 5 heteroatoms. The second-order valence-corrected chi connectivity index (χ2v) is 2.78. The van der Waals surface area contributed by atoms with E-state index in [1.54, 1.807) is 0 Å². The second kappa shape index (κ2) is 3.81. The number of hydrogen-bond donors (Lipinski definition) is 1. The van der Waals surface area contributed by atoms with Crippen LogP contribution < -0.4 is 5.73 Å². The zero-order valence-corrected chi connectivity index (χ0v) is 7.24. The summed E-state index contributed by atoms with van der Waals surface area (Å²) in [6.45, 7) is -0.334. The van der Waals surface area contributed by atoms with Gasteiger partial charge < -0.3 is 5.73 Å². The van der Waals surface area contributed by atoms with Crippen LogP contribution in [-0.2, 0) is 0 Å². The molecule has 0 fully saturated rings. The van der Waals surface area contributed by atoms with Crippen molar-refractivity contribution in [2.75, 3.05) is 6.54 Å². The lowest BCUT2D eigenvalue weighted by molar-refractivity contribution is 0.0997. The van der Waals surface area contributed by atoms with Crippen LogP contribution in [0.2, 0.25) is 5.02 Å². The van der Waals surface area contributed by atoms with E-state index < -0.39 is 17.4 Å². The molecule has 13 heavy (non-hydrogen) atoms. The van der Waals surface area contributed by atoms with Crippen LogP contribution >= 0.6 is 11.6 Å². The fourth-order valence-electron chi connectivity index (χ4n) is 0.846. The van der Waals surface area contributed by atoms with E-state index in [-0.39, 0.29) is 17.1 Å². The van der Waals surface area contributed by atoms with Gasteiger partial charge in [-0.25, -0.2) is 8.78 Å². The molecule has 0 aromatic heterocycles. The quantitative estimate of drug-likeness (QED) is 0.591. The van der Waals surface area contributed by atoms with Gasteiger partial charge in [0.05, 0.1) is 17.1 Å². The highest BCUT2D eigenvalue weighted by Crippen LogP contribution is 2.19. The highest BCUT2D eigenvalue weighted by atomic mass is 35.5. The van der Waals surface area contributed by atoms with Gasteiger partial charge in [0.1, 0.15) is 11.6 Å². The van der Waals surface area contributed by atoms with E-state index >= 15 is 0 Å². The Bertz CT molecular complexity index is 354. The number of rotatable bonds is 2. The fourth-order valence-corrected chi connectivity index (χ4v) is 1.01. The Morgan fingerprint density at radius 2 is 2.00 bits per heavy atom. The summed E-state index contributed by atoms with van der Waals surface area (Å²) in [7, 11) is 0. The summed E-state index contributed by atoms with van der Waals surface area (Å²) in [5, 5.41) is -0.293. The molecule has 0 atom stereocenters. The van der Waals surface area contributed by atoms with Crippen LogP contribution in [0.4, 0.5) is 8.78 Å². The summed E-state index contributed by atoms with van der Waals surface area (Å²) < 4.78 is 25.5. The number of Topliss-reactive ketones (excluding diaryl/α,β-unsaturated/α-hetero) is 1. The molecule has 1 aromatic rings. The van der Waals surface area contributed by atoms with Crippen molar-refractivity contribution >= 4 is 17.4 Å². The Morgan fingerprint density at radius 1 is 1.38 bits per heavy atom. The molecule has 0 bridgehead atoms. The highest BCUT2D eigenvalue weighted by Gasteiger charge is 2.13. The third-order valence-electron chi connectivity index (χ3n) is 1.50. The molecule has 0 aliphatic heterocycles. The molecule has 0 saturated heterocycles. The van der Waals surface area contributed by atoms with Gasteiger partial charge in [-0.05, 0) is 6.07 Å². The Balaban J connectivity index is 3.23. The van der Waals surface area contributed by atoms with Gasteiger partial charge in [-0.3, -0.25) is 4.79 Å². The molecule has 0 amide bonds. The van der Waals surface area contributed by atoms with E-state index in [0.717, 1.165) is 6.07 Å². The van der Waals surface area contributed by atoms with Crippen LogP contribution in [0.1, 0.15) is 10.4 Å². The molecule has 1 aromatic carbocycles. The molecule has 2 nitrogen and oxygen atoms in total. The molecule has 0 saturated carbocycles. The fraction of sp³-hybridized carbons (Fsp3) is 0.125. The van der Waals surface area contributed by atoms with Gasteiger partial charge in [0.2, 0.25) is 0 Å². The first-order valence-electron chi connectivity index (χ1n) is 3.44. The Kier molecular flexibility index (Phi) is 2.95. The zero-order valence-electron chi connectivity index (χ0n) is 6.48. The maximum absolute atomic E-state index is 12.9. The lowest BCUT2D eigenvalue weighted by Crippen LogP contribution is -2.15. The predicted molar refractivity (Wildman–Crippen MR) is 44.8 cm³/mol. The largest absolute Gasteiger partial charge is 0.324 e. The van der Waals surface area contributed by atoms with E-state index in [0.29, 0.717) is 6.07 Å². The zero-order chi connectivity index (χ0) is 10.0. The van der Waals surface area contributed by atoms with Crippen LogP contribution in [0, 0.1) is 11.6 Å². The van der Waals surface area contributed by atoms with Crippen LogP contribution in [0.25, 0.3) is 0 Å². The lowest BCUT2D eigenvalue weighted by Gasteiger charge is -2.01. The number of halogens is 3.